The van der Waals surface area contributed by atoms with Crippen LogP contribution < -0.4 is 10.1 Å². The molecule has 0 saturated carbocycles. The van der Waals surface area contributed by atoms with E-state index in [0.717, 1.165) is 37.0 Å². The molecule has 2 aromatic rings. The van der Waals surface area contributed by atoms with E-state index >= 15 is 0 Å². The average molecular weight is 345 g/mol. The van der Waals surface area contributed by atoms with Gasteiger partial charge in [-0.25, -0.2) is 0 Å². The summed E-state index contributed by atoms with van der Waals surface area (Å²) in [5.74, 6) is 2.58. The molecule has 1 aromatic heterocycles. The summed E-state index contributed by atoms with van der Waals surface area (Å²) >= 11 is 0. The number of benzene rings is 1. The first-order valence-electron chi connectivity index (χ1n) is 8.37. The molecular formula is C19H27N3O3. The summed E-state index contributed by atoms with van der Waals surface area (Å²) in [6.07, 6.45) is 2.55. The summed E-state index contributed by atoms with van der Waals surface area (Å²) in [5.41, 5.74) is 1.20. The maximum absolute atomic E-state index is 5.57. The van der Waals surface area contributed by atoms with Crippen LogP contribution >= 0.6 is 0 Å². The Morgan fingerprint density at radius 3 is 2.68 bits per heavy atom. The Balaban J connectivity index is 1.66. The van der Waals surface area contributed by atoms with Crippen LogP contribution in [-0.2, 0) is 17.9 Å². The molecule has 0 bridgehead atoms. The molecule has 0 atom stereocenters. The van der Waals surface area contributed by atoms with E-state index in [1.54, 1.807) is 20.4 Å². The highest BCUT2D eigenvalue weighted by atomic mass is 16.5. The Labute approximate surface area is 149 Å². The van der Waals surface area contributed by atoms with Crippen LogP contribution in [-0.4, -0.2) is 45.2 Å². The van der Waals surface area contributed by atoms with Crippen molar-refractivity contribution < 1.29 is 13.9 Å². The molecule has 0 aliphatic heterocycles. The zero-order valence-corrected chi connectivity index (χ0v) is 15.2. The van der Waals surface area contributed by atoms with Gasteiger partial charge in [0.15, 0.2) is 5.96 Å². The topological polar surface area (TPSA) is 59.2 Å². The highest BCUT2D eigenvalue weighted by molar-refractivity contribution is 5.79. The van der Waals surface area contributed by atoms with Gasteiger partial charge in [-0.05, 0) is 36.2 Å². The minimum absolute atomic E-state index is 0.513. The van der Waals surface area contributed by atoms with Gasteiger partial charge in [0.05, 0.1) is 13.4 Å². The van der Waals surface area contributed by atoms with Gasteiger partial charge < -0.3 is 24.1 Å². The van der Waals surface area contributed by atoms with Crippen LogP contribution in [0.2, 0.25) is 0 Å². The lowest BCUT2D eigenvalue weighted by atomic mass is 10.2. The lowest BCUT2D eigenvalue weighted by Crippen LogP contribution is -2.39. The molecule has 136 valence electrons. The number of hydrogen-bond donors (Lipinski definition) is 1. The number of guanidine groups is 1. The Bertz CT molecular complexity index is 624. The summed E-state index contributed by atoms with van der Waals surface area (Å²) in [6.45, 7) is 2.77. The summed E-state index contributed by atoms with van der Waals surface area (Å²) in [4.78, 5) is 6.42. The second-order valence-corrected chi connectivity index (χ2v) is 5.66. The minimum atomic E-state index is 0.513. The maximum atomic E-state index is 5.57. The van der Waals surface area contributed by atoms with Gasteiger partial charge in [0, 0.05) is 33.8 Å². The summed E-state index contributed by atoms with van der Waals surface area (Å²) in [5, 5.41) is 3.35. The number of aliphatic imine (C=N–C) groups is 1. The Hall–Kier alpha value is -2.47. The second kappa shape index (κ2) is 10.4. The van der Waals surface area contributed by atoms with E-state index < -0.39 is 0 Å². The third-order valence-electron chi connectivity index (χ3n) is 3.73. The van der Waals surface area contributed by atoms with Crippen molar-refractivity contribution in [2.24, 2.45) is 4.99 Å². The third-order valence-corrected chi connectivity index (χ3v) is 3.73. The standard InChI is InChI=1S/C19H27N3O3/c1-20-19(21-11-5-12-24-15-18-6-4-13-25-18)22(2)14-16-7-9-17(23-3)10-8-16/h4,6-10,13H,5,11-12,14-15H2,1-3H3,(H,20,21). The van der Waals surface area contributed by atoms with Crippen molar-refractivity contribution in [1.82, 2.24) is 10.2 Å². The van der Waals surface area contributed by atoms with Gasteiger partial charge in [-0.15, -0.1) is 0 Å². The molecule has 2 rings (SSSR count). The minimum Gasteiger partial charge on any atom is -0.497 e. The molecule has 0 radical (unpaired) electrons. The fourth-order valence-electron chi connectivity index (χ4n) is 2.41. The molecule has 0 aliphatic rings. The van der Waals surface area contributed by atoms with Gasteiger partial charge in [-0.3, -0.25) is 4.99 Å². The number of nitrogens with zero attached hydrogens (tertiary/aromatic N) is 2. The van der Waals surface area contributed by atoms with Crippen molar-refractivity contribution in [3.05, 3.63) is 54.0 Å². The summed E-state index contributed by atoms with van der Waals surface area (Å²) in [6, 6.07) is 11.8. The van der Waals surface area contributed by atoms with Crippen molar-refractivity contribution in [1.29, 1.82) is 0 Å². The van der Waals surface area contributed by atoms with E-state index in [-0.39, 0.29) is 0 Å². The number of methoxy groups -OCH3 is 1. The van der Waals surface area contributed by atoms with Gasteiger partial charge in [0.2, 0.25) is 0 Å². The quantitative estimate of drug-likeness (QED) is 0.430. The predicted molar refractivity (Wildman–Crippen MR) is 98.8 cm³/mol. The highest BCUT2D eigenvalue weighted by Gasteiger charge is 2.06. The van der Waals surface area contributed by atoms with E-state index in [1.165, 1.54) is 5.56 Å². The fraction of sp³-hybridized carbons (Fsp3) is 0.421. The number of nitrogens with one attached hydrogen (secondary N) is 1. The van der Waals surface area contributed by atoms with Crippen LogP contribution in [0.25, 0.3) is 0 Å². The van der Waals surface area contributed by atoms with E-state index in [4.69, 9.17) is 13.9 Å². The molecule has 1 heterocycles. The average Bonchev–Trinajstić information content (AvgIpc) is 3.15. The van der Waals surface area contributed by atoms with Gasteiger partial charge in [0.1, 0.15) is 18.1 Å². The molecule has 6 nitrogen and oxygen atoms in total. The Morgan fingerprint density at radius 1 is 1.24 bits per heavy atom. The second-order valence-electron chi connectivity index (χ2n) is 5.66. The number of rotatable bonds is 9. The van der Waals surface area contributed by atoms with Crippen molar-refractivity contribution in [3.8, 4) is 5.75 Å². The van der Waals surface area contributed by atoms with E-state index in [9.17, 15) is 0 Å². The molecule has 0 spiro atoms. The lowest BCUT2D eigenvalue weighted by Gasteiger charge is -2.22. The van der Waals surface area contributed by atoms with E-state index in [1.807, 2.05) is 31.3 Å². The molecule has 1 N–H and O–H groups in total. The zero-order chi connectivity index (χ0) is 17.9. The monoisotopic (exact) mass is 345 g/mol. The Morgan fingerprint density at radius 2 is 2.04 bits per heavy atom. The van der Waals surface area contributed by atoms with Gasteiger partial charge in [-0.1, -0.05) is 12.1 Å². The van der Waals surface area contributed by atoms with Crippen molar-refractivity contribution in [3.63, 3.8) is 0 Å². The molecule has 25 heavy (non-hydrogen) atoms. The van der Waals surface area contributed by atoms with E-state index in [2.05, 4.69) is 27.3 Å². The fourth-order valence-corrected chi connectivity index (χ4v) is 2.41. The van der Waals surface area contributed by atoms with Gasteiger partial charge >= 0.3 is 0 Å². The van der Waals surface area contributed by atoms with Crippen LogP contribution in [0.4, 0.5) is 0 Å². The SMILES string of the molecule is CN=C(NCCCOCc1ccco1)N(C)Cc1ccc(OC)cc1. The number of ether oxygens (including phenoxy) is 2. The molecular weight excluding hydrogens is 318 g/mol. The lowest BCUT2D eigenvalue weighted by molar-refractivity contribution is 0.104. The Kier molecular flexibility index (Phi) is 7.85. The van der Waals surface area contributed by atoms with Crippen LogP contribution in [0.1, 0.15) is 17.7 Å². The maximum Gasteiger partial charge on any atom is 0.193 e. The largest absolute Gasteiger partial charge is 0.497 e. The molecule has 0 unspecified atom stereocenters. The van der Waals surface area contributed by atoms with Crippen LogP contribution in [0.15, 0.2) is 52.1 Å². The smallest absolute Gasteiger partial charge is 0.193 e. The van der Waals surface area contributed by atoms with Crippen LogP contribution in [0.3, 0.4) is 0 Å². The molecule has 0 amide bonds. The first kappa shape index (κ1) is 18.9. The van der Waals surface area contributed by atoms with Crippen LogP contribution in [0, 0.1) is 0 Å². The van der Waals surface area contributed by atoms with Crippen LogP contribution in [0.5, 0.6) is 5.75 Å². The molecule has 0 saturated heterocycles. The molecule has 6 heteroatoms. The van der Waals surface area contributed by atoms with Gasteiger partial charge in [-0.2, -0.15) is 0 Å². The van der Waals surface area contributed by atoms with Crippen molar-refractivity contribution in [2.45, 2.75) is 19.6 Å². The number of furan rings is 1. The predicted octanol–water partition coefficient (Wildman–Crippen LogP) is 2.90. The van der Waals surface area contributed by atoms with Crippen molar-refractivity contribution >= 4 is 5.96 Å². The molecule has 1 aromatic carbocycles. The summed E-state index contributed by atoms with van der Waals surface area (Å²) < 4.78 is 16.0. The van der Waals surface area contributed by atoms with E-state index in [0.29, 0.717) is 13.2 Å². The van der Waals surface area contributed by atoms with Crippen molar-refractivity contribution in [2.75, 3.05) is 34.4 Å². The first-order valence-corrected chi connectivity index (χ1v) is 8.37. The highest BCUT2D eigenvalue weighted by Crippen LogP contribution is 2.12. The molecule has 0 aliphatic carbocycles. The molecule has 0 fully saturated rings. The summed E-state index contributed by atoms with van der Waals surface area (Å²) in [7, 11) is 5.48. The third kappa shape index (κ3) is 6.51. The normalized spacial score (nSPS) is 11.4. The van der Waals surface area contributed by atoms with Gasteiger partial charge in [0.25, 0.3) is 0 Å². The number of hydrogen-bond acceptors (Lipinski definition) is 4. The zero-order valence-electron chi connectivity index (χ0n) is 15.2. The first-order chi connectivity index (χ1) is 12.2.